The van der Waals surface area contributed by atoms with E-state index in [4.69, 9.17) is 17.7 Å². The summed E-state index contributed by atoms with van der Waals surface area (Å²) in [5.74, 6) is -2.36. The lowest BCUT2D eigenvalue weighted by atomic mass is 10.0. The van der Waals surface area contributed by atoms with Crippen molar-refractivity contribution in [1.82, 2.24) is 0 Å². The molecule has 6 nitrogen and oxygen atoms in total. The van der Waals surface area contributed by atoms with Crippen molar-refractivity contribution in [2.45, 2.75) is 33.6 Å². The molecule has 0 spiro atoms. The summed E-state index contributed by atoms with van der Waals surface area (Å²) < 4.78 is 58.8. The van der Waals surface area contributed by atoms with Gasteiger partial charge in [0, 0.05) is 17.5 Å². The maximum absolute atomic E-state index is 12.1. The van der Waals surface area contributed by atoms with E-state index in [1.54, 1.807) is 6.92 Å². The molecule has 0 fully saturated rings. The number of carboxylic acid groups (broad SMARTS) is 1. The highest BCUT2D eigenvalue weighted by Gasteiger charge is 2.15. The molecule has 0 unspecified atom stereocenters. The Bertz CT molecular complexity index is 1180. The van der Waals surface area contributed by atoms with Crippen molar-refractivity contribution in [3.8, 4) is 17.2 Å². The van der Waals surface area contributed by atoms with Crippen LogP contribution in [-0.2, 0) is 0 Å². The van der Waals surface area contributed by atoms with E-state index in [1.807, 2.05) is 0 Å². The van der Waals surface area contributed by atoms with Gasteiger partial charge in [-0.15, -0.1) is 0 Å². The largest absolute Gasteiger partial charge is 0.507 e. The molecule has 29 heavy (non-hydrogen) atoms. The van der Waals surface area contributed by atoms with Crippen LogP contribution in [0.15, 0.2) is 42.4 Å². The van der Waals surface area contributed by atoms with E-state index < -0.39 is 36.9 Å². The van der Waals surface area contributed by atoms with Crippen LogP contribution in [-0.4, -0.2) is 35.1 Å². The van der Waals surface area contributed by atoms with Gasteiger partial charge in [0.1, 0.15) is 30.4 Å². The number of carbonyl (C=O) groups is 2. The molecule has 2 aromatic rings. The average molecular weight is 404 g/mol. The van der Waals surface area contributed by atoms with Crippen LogP contribution in [0, 0.1) is 13.8 Å². The van der Waals surface area contributed by atoms with E-state index in [0.717, 1.165) is 0 Å². The highest BCUT2D eigenvalue weighted by atomic mass is 16.5. The van der Waals surface area contributed by atoms with E-state index in [-0.39, 0.29) is 46.0 Å². The van der Waals surface area contributed by atoms with Crippen LogP contribution in [0.1, 0.15) is 59.8 Å². The molecule has 6 heteroatoms. The topological polar surface area (TPSA) is 93.1 Å². The fourth-order valence-electron chi connectivity index (χ4n) is 2.55. The molecule has 2 aromatic carbocycles. The van der Waals surface area contributed by atoms with Crippen molar-refractivity contribution >= 4 is 11.8 Å². The Balaban J connectivity index is 2.37. The first-order valence-electron chi connectivity index (χ1n) is 11.9. The highest BCUT2D eigenvalue weighted by molar-refractivity contribution is 5.99. The van der Waals surface area contributed by atoms with Crippen molar-refractivity contribution in [2.24, 2.45) is 0 Å². The first-order valence-corrected chi connectivity index (χ1v) is 8.89. The molecular weight excluding hydrogens is 372 g/mol. The minimum Gasteiger partial charge on any atom is -0.507 e. The van der Waals surface area contributed by atoms with Crippen molar-refractivity contribution < 1.29 is 37.5 Å². The summed E-state index contributed by atoms with van der Waals surface area (Å²) in [6.07, 6.45) is 0.779. The number of hydrogen-bond acceptors (Lipinski definition) is 5. The molecule has 0 aliphatic carbocycles. The zero-order valence-electron chi connectivity index (χ0n) is 22.3. The van der Waals surface area contributed by atoms with Gasteiger partial charge < -0.3 is 19.7 Å². The van der Waals surface area contributed by atoms with Crippen molar-refractivity contribution in [3.05, 3.63) is 64.7 Å². The van der Waals surface area contributed by atoms with E-state index in [0.29, 0.717) is 6.42 Å². The van der Waals surface area contributed by atoms with Crippen molar-refractivity contribution in [3.63, 3.8) is 0 Å². The summed E-state index contributed by atoms with van der Waals surface area (Å²) in [6.45, 7) is -1.45. The standard InChI is InChI=1S/C23H26O6/c1-4-8-19(24)18-11-12-21(16(3)22(18)25)29-14-6-5-13-28-20-10-7-9-17(15(20)2)23(26)27/h5-7,9-12,25H,4,8,13-14H2,1-3H3,(H,26,27)/b6-5+/i5D,6D,13D2,14D2. The quantitative estimate of drug-likeness (QED) is 0.440. The van der Waals surface area contributed by atoms with Crippen LogP contribution in [0.3, 0.4) is 0 Å². The van der Waals surface area contributed by atoms with Crippen LogP contribution < -0.4 is 9.47 Å². The van der Waals surface area contributed by atoms with Crippen molar-refractivity contribution in [1.29, 1.82) is 0 Å². The number of carbonyl (C=O) groups excluding carboxylic acids is 1. The fourth-order valence-corrected chi connectivity index (χ4v) is 2.55. The maximum atomic E-state index is 12.1. The second kappa shape index (κ2) is 10.3. The Morgan fingerprint density at radius 3 is 2.24 bits per heavy atom. The Morgan fingerprint density at radius 2 is 1.66 bits per heavy atom. The average Bonchev–Trinajstić information content (AvgIpc) is 2.77. The molecule has 0 radical (unpaired) electrons. The predicted octanol–water partition coefficient (Wildman–Crippen LogP) is 4.70. The summed E-state index contributed by atoms with van der Waals surface area (Å²) in [7, 11) is 0. The number of ketones is 1. The van der Waals surface area contributed by atoms with Gasteiger partial charge in [-0.25, -0.2) is 4.79 Å². The lowest BCUT2D eigenvalue weighted by Gasteiger charge is -2.12. The molecule has 0 bridgehead atoms. The van der Waals surface area contributed by atoms with Gasteiger partial charge in [0.2, 0.25) is 0 Å². The Morgan fingerprint density at radius 1 is 1.03 bits per heavy atom. The van der Waals surface area contributed by atoms with Gasteiger partial charge in [-0.05, 0) is 56.6 Å². The maximum Gasteiger partial charge on any atom is 0.336 e. The van der Waals surface area contributed by atoms with E-state index in [9.17, 15) is 19.8 Å². The third-order valence-electron chi connectivity index (χ3n) is 4.16. The zero-order valence-corrected chi connectivity index (χ0v) is 16.3. The lowest BCUT2D eigenvalue weighted by molar-refractivity contribution is 0.0695. The van der Waals surface area contributed by atoms with Crippen LogP contribution in [0.25, 0.3) is 0 Å². The summed E-state index contributed by atoms with van der Waals surface area (Å²) >= 11 is 0. The third-order valence-corrected chi connectivity index (χ3v) is 4.16. The van der Waals surface area contributed by atoms with E-state index in [1.165, 1.54) is 44.2 Å². The first kappa shape index (κ1) is 14.7. The number of aromatic hydroxyl groups is 1. The lowest BCUT2D eigenvalue weighted by Crippen LogP contribution is -2.04. The van der Waals surface area contributed by atoms with Gasteiger partial charge in [0.25, 0.3) is 0 Å². The van der Waals surface area contributed by atoms with Crippen LogP contribution >= 0.6 is 0 Å². The molecule has 0 saturated heterocycles. The molecule has 154 valence electrons. The minimum atomic E-state index is -3.02. The number of benzene rings is 2. The zero-order chi connectivity index (χ0) is 26.7. The molecule has 0 aliphatic rings. The number of phenols is 1. The number of Topliss-reactive ketones (excluding diaryl/α,β-unsaturated/α-hetero) is 1. The molecule has 2 rings (SSSR count). The SMILES string of the molecule is [2H]/C(=C(/[2H])C([2H])([2H])Oc1ccc(C(=O)CCC)c(O)c1C)C([2H])([2H])Oc1cccc(C(=O)O)c1C. The van der Waals surface area contributed by atoms with Gasteiger partial charge in [0.15, 0.2) is 5.78 Å². The third kappa shape index (κ3) is 5.60. The molecule has 0 amide bonds. The normalized spacial score (nSPS) is 15.6. The fraction of sp³-hybridized carbons (Fsp3) is 0.304. The summed E-state index contributed by atoms with van der Waals surface area (Å²) in [5, 5.41) is 19.6. The summed E-state index contributed by atoms with van der Waals surface area (Å²) in [4.78, 5) is 23.4. The molecule has 2 N–H and O–H groups in total. The highest BCUT2D eigenvalue weighted by Crippen LogP contribution is 2.31. The Labute approximate surface area is 178 Å². The summed E-state index contributed by atoms with van der Waals surface area (Å²) in [5.41, 5.74) is 0.0281. The van der Waals surface area contributed by atoms with Crippen LogP contribution in [0.5, 0.6) is 17.2 Å². The monoisotopic (exact) mass is 404 g/mol. The first-order chi connectivity index (χ1) is 16.1. The molecule has 0 heterocycles. The molecule has 0 atom stereocenters. The number of ether oxygens (including phenoxy) is 2. The van der Waals surface area contributed by atoms with Gasteiger partial charge in [-0.3, -0.25) is 4.79 Å². The van der Waals surface area contributed by atoms with Crippen LogP contribution in [0.2, 0.25) is 0 Å². The number of carboxylic acids is 1. The Hall–Kier alpha value is -3.28. The molecular formula is C23H26O6. The van der Waals surface area contributed by atoms with Gasteiger partial charge in [0.05, 0.1) is 19.4 Å². The second-order valence-corrected chi connectivity index (χ2v) is 6.15. The van der Waals surface area contributed by atoms with Gasteiger partial charge >= 0.3 is 5.97 Å². The second-order valence-electron chi connectivity index (χ2n) is 6.15. The van der Waals surface area contributed by atoms with Gasteiger partial charge in [-0.1, -0.05) is 13.0 Å². The molecule has 0 aliphatic heterocycles. The Kier molecular flexibility index (Phi) is 5.22. The number of aromatic carboxylic acids is 1. The van der Waals surface area contributed by atoms with E-state index >= 15 is 0 Å². The molecule has 0 saturated carbocycles. The van der Waals surface area contributed by atoms with Gasteiger partial charge in [-0.2, -0.15) is 0 Å². The van der Waals surface area contributed by atoms with Crippen LogP contribution in [0.4, 0.5) is 0 Å². The number of rotatable bonds is 10. The number of hydrogen-bond donors (Lipinski definition) is 2. The molecule has 0 aromatic heterocycles. The number of phenolic OH excluding ortho intramolecular Hbond substituents is 1. The smallest absolute Gasteiger partial charge is 0.336 e. The predicted molar refractivity (Wildman–Crippen MR) is 110 cm³/mol. The summed E-state index contributed by atoms with van der Waals surface area (Å²) in [6, 6.07) is 4.02. The minimum absolute atomic E-state index is 0.0375. The van der Waals surface area contributed by atoms with Crippen molar-refractivity contribution in [2.75, 3.05) is 13.1 Å². The van der Waals surface area contributed by atoms with E-state index in [2.05, 4.69) is 0 Å².